The Kier molecular flexibility index (Phi) is 5.22. The van der Waals surface area contributed by atoms with E-state index in [9.17, 15) is 14.4 Å². The van der Waals surface area contributed by atoms with Gasteiger partial charge in [0.2, 0.25) is 5.91 Å². The topological polar surface area (TPSA) is 86.9 Å². The fourth-order valence-electron chi connectivity index (χ4n) is 3.72. The second-order valence-electron chi connectivity index (χ2n) is 7.94. The van der Waals surface area contributed by atoms with Crippen molar-refractivity contribution in [2.75, 3.05) is 33.7 Å². The third kappa shape index (κ3) is 3.27. The normalized spacial score (nSPS) is 20.9. The van der Waals surface area contributed by atoms with Crippen LogP contribution in [0.5, 0.6) is 0 Å². The first-order chi connectivity index (χ1) is 11.1. The lowest BCUT2D eigenvalue weighted by atomic mass is 9.81. The summed E-state index contributed by atoms with van der Waals surface area (Å²) in [6.07, 6.45) is 4.35. The van der Waals surface area contributed by atoms with Gasteiger partial charge in [0.25, 0.3) is 5.91 Å². The number of likely N-dealkylation sites (N-methyl/N-ethyl adjacent to an activating group) is 2. The molecular formula is C17H30N4O3. The number of carbonyl (C=O) groups is 3. The maximum Gasteiger partial charge on any atom is 0.327 e. The van der Waals surface area contributed by atoms with Gasteiger partial charge in [0, 0.05) is 20.6 Å². The summed E-state index contributed by atoms with van der Waals surface area (Å²) < 4.78 is 0. The standard InChI is InChI=1S/C17H30N4O3/c1-16(2,11-18)12-19(3)13(22)10-21-14(23)17(20(4)15(21)24)8-6-5-7-9-17/h5-12,18H2,1-4H3. The van der Waals surface area contributed by atoms with Crippen LogP contribution < -0.4 is 5.73 Å². The molecule has 136 valence electrons. The summed E-state index contributed by atoms with van der Waals surface area (Å²) in [6, 6.07) is -0.360. The molecule has 0 atom stereocenters. The van der Waals surface area contributed by atoms with Gasteiger partial charge in [-0.1, -0.05) is 33.1 Å². The molecule has 7 heteroatoms. The Morgan fingerprint density at radius 3 is 2.38 bits per heavy atom. The number of hydrogen-bond donors (Lipinski definition) is 1. The quantitative estimate of drug-likeness (QED) is 0.759. The van der Waals surface area contributed by atoms with Crippen LogP contribution in [0.15, 0.2) is 0 Å². The zero-order valence-electron chi connectivity index (χ0n) is 15.3. The molecule has 1 saturated heterocycles. The Bertz CT molecular complexity index is 526. The summed E-state index contributed by atoms with van der Waals surface area (Å²) in [6.45, 7) is 4.71. The minimum absolute atomic E-state index is 0.194. The van der Waals surface area contributed by atoms with Gasteiger partial charge < -0.3 is 15.5 Å². The smallest absolute Gasteiger partial charge is 0.327 e. The van der Waals surface area contributed by atoms with Gasteiger partial charge in [-0.05, 0) is 24.8 Å². The SMILES string of the molecule is CN(CC(C)(C)CN)C(=O)CN1C(=O)N(C)C2(CCCCC2)C1=O. The van der Waals surface area contributed by atoms with E-state index >= 15 is 0 Å². The van der Waals surface area contributed by atoms with Crippen molar-refractivity contribution in [3.05, 3.63) is 0 Å². The Hall–Kier alpha value is -1.63. The van der Waals surface area contributed by atoms with E-state index in [4.69, 9.17) is 5.73 Å². The summed E-state index contributed by atoms with van der Waals surface area (Å²) in [5, 5.41) is 0. The van der Waals surface area contributed by atoms with Crippen LogP contribution in [0.25, 0.3) is 0 Å². The molecule has 7 nitrogen and oxygen atoms in total. The number of hydrogen-bond acceptors (Lipinski definition) is 4. The Morgan fingerprint density at radius 1 is 1.25 bits per heavy atom. The minimum Gasteiger partial charge on any atom is -0.344 e. The fraction of sp³-hybridized carbons (Fsp3) is 0.824. The van der Waals surface area contributed by atoms with Gasteiger partial charge in [-0.25, -0.2) is 4.79 Å². The highest BCUT2D eigenvalue weighted by Crippen LogP contribution is 2.39. The summed E-state index contributed by atoms with van der Waals surface area (Å²) in [5.41, 5.74) is 4.78. The molecule has 0 aromatic carbocycles. The van der Waals surface area contributed by atoms with Crippen molar-refractivity contribution in [2.24, 2.45) is 11.1 Å². The van der Waals surface area contributed by atoms with Gasteiger partial charge in [-0.15, -0.1) is 0 Å². The van der Waals surface area contributed by atoms with Gasteiger partial charge in [-0.3, -0.25) is 14.5 Å². The largest absolute Gasteiger partial charge is 0.344 e. The second-order valence-corrected chi connectivity index (χ2v) is 7.94. The zero-order chi connectivity index (χ0) is 18.1. The van der Waals surface area contributed by atoms with Gasteiger partial charge in [0.15, 0.2) is 0 Å². The molecule has 1 saturated carbocycles. The fourth-order valence-corrected chi connectivity index (χ4v) is 3.72. The molecule has 2 N–H and O–H groups in total. The molecule has 0 bridgehead atoms. The van der Waals surface area contributed by atoms with Crippen molar-refractivity contribution in [1.82, 2.24) is 14.7 Å². The lowest BCUT2D eigenvalue weighted by Gasteiger charge is -2.35. The highest BCUT2D eigenvalue weighted by Gasteiger charge is 2.55. The molecule has 0 unspecified atom stereocenters. The lowest BCUT2D eigenvalue weighted by molar-refractivity contribution is -0.140. The van der Waals surface area contributed by atoms with Crippen molar-refractivity contribution >= 4 is 17.8 Å². The van der Waals surface area contributed by atoms with Crippen LogP contribution in [0.1, 0.15) is 46.0 Å². The maximum atomic E-state index is 12.9. The zero-order valence-corrected chi connectivity index (χ0v) is 15.3. The molecule has 2 aliphatic rings. The number of imide groups is 1. The van der Waals surface area contributed by atoms with Crippen LogP contribution >= 0.6 is 0 Å². The lowest BCUT2D eigenvalue weighted by Crippen LogP contribution is -2.50. The molecular weight excluding hydrogens is 308 g/mol. The molecule has 0 aromatic rings. The summed E-state index contributed by atoms with van der Waals surface area (Å²) in [4.78, 5) is 42.1. The second kappa shape index (κ2) is 6.70. The number of urea groups is 1. The molecule has 24 heavy (non-hydrogen) atoms. The molecule has 4 amide bonds. The van der Waals surface area contributed by atoms with E-state index in [1.807, 2.05) is 13.8 Å². The number of carbonyl (C=O) groups excluding carboxylic acids is 3. The highest BCUT2D eigenvalue weighted by molar-refractivity contribution is 6.08. The Morgan fingerprint density at radius 2 is 1.83 bits per heavy atom. The van der Waals surface area contributed by atoms with E-state index in [2.05, 4.69) is 0 Å². The molecule has 2 fully saturated rings. The predicted molar refractivity (Wildman–Crippen MR) is 91.2 cm³/mol. The van der Waals surface area contributed by atoms with E-state index in [-0.39, 0.29) is 29.8 Å². The van der Waals surface area contributed by atoms with E-state index in [1.165, 1.54) is 0 Å². The van der Waals surface area contributed by atoms with Crippen molar-refractivity contribution in [2.45, 2.75) is 51.5 Å². The predicted octanol–water partition coefficient (Wildman–Crippen LogP) is 1.03. The summed E-state index contributed by atoms with van der Waals surface area (Å²) in [5.74, 6) is -0.450. The van der Waals surface area contributed by atoms with Gasteiger partial charge in [-0.2, -0.15) is 0 Å². The van der Waals surface area contributed by atoms with Gasteiger partial charge in [0.1, 0.15) is 12.1 Å². The first-order valence-electron chi connectivity index (χ1n) is 8.68. The van der Waals surface area contributed by atoms with E-state index in [0.717, 1.165) is 24.2 Å². The van der Waals surface area contributed by atoms with Crippen LogP contribution in [-0.2, 0) is 9.59 Å². The van der Waals surface area contributed by atoms with Crippen molar-refractivity contribution < 1.29 is 14.4 Å². The third-order valence-corrected chi connectivity index (χ3v) is 5.42. The van der Waals surface area contributed by atoms with Crippen LogP contribution in [0.3, 0.4) is 0 Å². The molecule has 0 radical (unpaired) electrons. The molecule has 1 aliphatic carbocycles. The third-order valence-electron chi connectivity index (χ3n) is 5.42. The summed E-state index contributed by atoms with van der Waals surface area (Å²) >= 11 is 0. The highest BCUT2D eigenvalue weighted by atomic mass is 16.2. The molecule has 2 rings (SSSR count). The summed E-state index contributed by atoms with van der Waals surface area (Å²) in [7, 11) is 3.36. The first-order valence-corrected chi connectivity index (χ1v) is 8.68. The Balaban J connectivity index is 2.08. The van der Waals surface area contributed by atoms with Gasteiger partial charge >= 0.3 is 6.03 Å². The number of amides is 4. The van der Waals surface area contributed by atoms with Crippen LogP contribution in [-0.4, -0.2) is 71.8 Å². The van der Waals surface area contributed by atoms with E-state index in [1.54, 1.807) is 23.9 Å². The minimum atomic E-state index is -0.731. The Labute approximate surface area is 144 Å². The molecule has 1 heterocycles. The molecule has 0 aromatic heterocycles. The first kappa shape index (κ1) is 18.7. The van der Waals surface area contributed by atoms with Crippen LogP contribution in [0, 0.1) is 5.41 Å². The number of nitrogens with two attached hydrogens (primary N) is 1. The van der Waals surface area contributed by atoms with E-state index < -0.39 is 5.54 Å². The number of nitrogens with zero attached hydrogens (tertiary/aromatic N) is 3. The van der Waals surface area contributed by atoms with Crippen molar-refractivity contribution in [1.29, 1.82) is 0 Å². The maximum absolute atomic E-state index is 12.9. The van der Waals surface area contributed by atoms with Crippen molar-refractivity contribution in [3.63, 3.8) is 0 Å². The van der Waals surface area contributed by atoms with Crippen LogP contribution in [0.4, 0.5) is 4.79 Å². The van der Waals surface area contributed by atoms with Crippen molar-refractivity contribution in [3.8, 4) is 0 Å². The monoisotopic (exact) mass is 338 g/mol. The van der Waals surface area contributed by atoms with Crippen LogP contribution in [0.2, 0.25) is 0 Å². The molecule has 1 aliphatic heterocycles. The van der Waals surface area contributed by atoms with Gasteiger partial charge in [0.05, 0.1) is 0 Å². The molecule has 1 spiro atoms. The number of rotatable bonds is 5. The average molecular weight is 338 g/mol. The average Bonchev–Trinajstić information content (AvgIpc) is 2.71. The van der Waals surface area contributed by atoms with E-state index in [0.29, 0.717) is 25.9 Å².